The van der Waals surface area contributed by atoms with Gasteiger partial charge in [-0.2, -0.15) is 0 Å². The Kier molecular flexibility index (Phi) is 3.75. The minimum Gasteiger partial charge on any atom is -0.493 e. The van der Waals surface area contributed by atoms with Gasteiger partial charge >= 0.3 is 0 Å². The molecule has 2 aliphatic heterocycles. The molecule has 0 saturated carbocycles. The lowest BCUT2D eigenvalue weighted by Gasteiger charge is -2.12. The van der Waals surface area contributed by atoms with E-state index in [-0.39, 0.29) is 11.8 Å². The van der Waals surface area contributed by atoms with Crippen molar-refractivity contribution < 1.29 is 9.53 Å². The predicted octanol–water partition coefficient (Wildman–Crippen LogP) is 1.61. The molecule has 19 heavy (non-hydrogen) atoms. The van der Waals surface area contributed by atoms with Crippen molar-refractivity contribution in [3.8, 4) is 5.75 Å². The molecule has 1 saturated heterocycles. The van der Waals surface area contributed by atoms with Gasteiger partial charge in [-0.15, -0.1) is 0 Å². The van der Waals surface area contributed by atoms with Crippen LogP contribution in [0.3, 0.4) is 0 Å². The van der Waals surface area contributed by atoms with Crippen LogP contribution in [0, 0.1) is 5.92 Å². The highest BCUT2D eigenvalue weighted by Gasteiger charge is 2.23. The molecule has 1 atom stereocenters. The van der Waals surface area contributed by atoms with Crippen molar-refractivity contribution in [3.05, 3.63) is 27.7 Å². The number of halogens is 1. The highest BCUT2D eigenvalue weighted by atomic mass is 79.9. The zero-order valence-electron chi connectivity index (χ0n) is 10.7. The number of amides is 1. The van der Waals surface area contributed by atoms with Crippen molar-refractivity contribution in [2.24, 2.45) is 5.92 Å². The van der Waals surface area contributed by atoms with Crippen molar-refractivity contribution in [2.75, 3.05) is 19.7 Å². The maximum Gasteiger partial charge on any atom is 0.224 e. The molecule has 3 rings (SSSR count). The molecule has 2 N–H and O–H groups in total. The van der Waals surface area contributed by atoms with Gasteiger partial charge in [0.05, 0.1) is 12.5 Å². The number of hydrogen-bond acceptors (Lipinski definition) is 3. The molecule has 1 fully saturated rings. The molecular weight excluding hydrogens is 308 g/mol. The van der Waals surface area contributed by atoms with Crippen LogP contribution in [0.25, 0.3) is 0 Å². The van der Waals surface area contributed by atoms with Gasteiger partial charge in [0.1, 0.15) is 5.75 Å². The van der Waals surface area contributed by atoms with Gasteiger partial charge in [0.25, 0.3) is 0 Å². The van der Waals surface area contributed by atoms with Crippen LogP contribution in [0.2, 0.25) is 0 Å². The quantitative estimate of drug-likeness (QED) is 0.888. The van der Waals surface area contributed by atoms with E-state index in [2.05, 4.69) is 32.6 Å². The fraction of sp³-hybridized carbons (Fsp3) is 0.500. The van der Waals surface area contributed by atoms with Gasteiger partial charge in [-0.25, -0.2) is 0 Å². The summed E-state index contributed by atoms with van der Waals surface area (Å²) in [6.45, 7) is 3.00. The number of rotatable bonds is 3. The molecule has 5 heteroatoms. The van der Waals surface area contributed by atoms with Crippen LogP contribution >= 0.6 is 15.9 Å². The Morgan fingerprint density at radius 3 is 3.21 bits per heavy atom. The highest BCUT2D eigenvalue weighted by molar-refractivity contribution is 9.10. The zero-order chi connectivity index (χ0) is 13.2. The summed E-state index contributed by atoms with van der Waals surface area (Å²) in [5, 5.41) is 6.23. The smallest absolute Gasteiger partial charge is 0.224 e. The number of carbonyl (C=O) groups excluding carboxylic acids is 1. The van der Waals surface area contributed by atoms with Crippen molar-refractivity contribution in [1.29, 1.82) is 0 Å². The first-order valence-corrected chi connectivity index (χ1v) is 7.46. The minimum atomic E-state index is 0.112. The second-order valence-corrected chi connectivity index (χ2v) is 5.97. The standard InChI is InChI=1S/C14H17BrN2O2/c15-12-5-9-2-4-19-13(9)11(6-12)8-17-14(18)10-1-3-16-7-10/h5-6,10,16H,1-4,7-8H2,(H,17,18). The lowest BCUT2D eigenvalue weighted by molar-refractivity contribution is -0.124. The number of fused-ring (bicyclic) bond motifs is 1. The largest absolute Gasteiger partial charge is 0.493 e. The van der Waals surface area contributed by atoms with E-state index in [4.69, 9.17) is 4.74 Å². The molecule has 0 spiro atoms. The van der Waals surface area contributed by atoms with Gasteiger partial charge in [-0.3, -0.25) is 4.79 Å². The van der Waals surface area contributed by atoms with E-state index in [1.54, 1.807) is 0 Å². The van der Waals surface area contributed by atoms with E-state index in [1.165, 1.54) is 5.56 Å². The average Bonchev–Trinajstić information content (AvgIpc) is 3.05. The Hall–Kier alpha value is -1.07. The van der Waals surface area contributed by atoms with Crippen LogP contribution < -0.4 is 15.4 Å². The highest BCUT2D eigenvalue weighted by Crippen LogP contribution is 2.32. The second-order valence-electron chi connectivity index (χ2n) is 5.06. The van der Waals surface area contributed by atoms with Gasteiger partial charge < -0.3 is 15.4 Å². The molecule has 1 unspecified atom stereocenters. The van der Waals surface area contributed by atoms with E-state index in [0.29, 0.717) is 6.54 Å². The van der Waals surface area contributed by atoms with Gasteiger partial charge in [-0.05, 0) is 30.7 Å². The number of nitrogens with one attached hydrogen (secondary N) is 2. The minimum absolute atomic E-state index is 0.112. The lowest BCUT2D eigenvalue weighted by atomic mass is 10.1. The summed E-state index contributed by atoms with van der Waals surface area (Å²) < 4.78 is 6.70. The molecule has 0 bridgehead atoms. The van der Waals surface area contributed by atoms with Gasteiger partial charge in [-0.1, -0.05) is 15.9 Å². The number of carbonyl (C=O) groups is 1. The zero-order valence-corrected chi connectivity index (χ0v) is 12.3. The summed E-state index contributed by atoms with van der Waals surface area (Å²) in [5.74, 6) is 1.20. The molecule has 0 aromatic heterocycles. The Labute approximate surface area is 121 Å². The molecule has 4 nitrogen and oxygen atoms in total. The first-order chi connectivity index (χ1) is 9.24. The first kappa shape index (κ1) is 12.9. The normalized spacial score (nSPS) is 21.0. The Morgan fingerprint density at radius 2 is 2.42 bits per heavy atom. The summed E-state index contributed by atoms with van der Waals surface area (Å²) in [6.07, 6.45) is 1.88. The topological polar surface area (TPSA) is 50.4 Å². The maximum absolute atomic E-state index is 12.0. The molecular formula is C14H17BrN2O2. The maximum atomic E-state index is 12.0. The average molecular weight is 325 g/mol. The van der Waals surface area contributed by atoms with Crippen molar-refractivity contribution >= 4 is 21.8 Å². The van der Waals surface area contributed by atoms with Crippen LogP contribution in [-0.4, -0.2) is 25.6 Å². The molecule has 0 radical (unpaired) electrons. The fourth-order valence-electron chi connectivity index (χ4n) is 2.68. The van der Waals surface area contributed by atoms with Gasteiger partial charge in [0.15, 0.2) is 0 Å². The van der Waals surface area contributed by atoms with Crippen LogP contribution in [0.15, 0.2) is 16.6 Å². The van der Waals surface area contributed by atoms with Crippen LogP contribution in [0.1, 0.15) is 17.5 Å². The summed E-state index contributed by atoms with van der Waals surface area (Å²) in [7, 11) is 0. The number of hydrogen-bond donors (Lipinski definition) is 2. The second kappa shape index (κ2) is 5.51. The third-order valence-corrected chi connectivity index (χ3v) is 4.17. The summed E-state index contributed by atoms with van der Waals surface area (Å²) >= 11 is 3.51. The van der Waals surface area contributed by atoms with Gasteiger partial charge in [0, 0.05) is 29.5 Å². The Bertz CT molecular complexity index is 498. The van der Waals surface area contributed by atoms with E-state index < -0.39 is 0 Å². The summed E-state index contributed by atoms with van der Waals surface area (Å²) in [6, 6.07) is 4.12. The molecule has 2 heterocycles. The molecule has 1 aromatic rings. The van der Waals surface area contributed by atoms with E-state index >= 15 is 0 Å². The third kappa shape index (κ3) is 2.77. The molecule has 0 aliphatic carbocycles. The predicted molar refractivity (Wildman–Crippen MR) is 76.2 cm³/mol. The molecule has 2 aliphatic rings. The lowest BCUT2D eigenvalue weighted by Crippen LogP contribution is -2.31. The summed E-state index contributed by atoms with van der Waals surface area (Å²) in [4.78, 5) is 12.0. The van der Waals surface area contributed by atoms with E-state index in [1.807, 2.05) is 6.07 Å². The third-order valence-electron chi connectivity index (χ3n) is 3.71. The van der Waals surface area contributed by atoms with Crippen molar-refractivity contribution in [2.45, 2.75) is 19.4 Å². The fourth-order valence-corrected chi connectivity index (χ4v) is 3.24. The van der Waals surface area contributed by atoms with E-state index in [0.717, 1.165) is 48.3 Å². The Balaban J connectivity index is 1.68. The molecule has 1 amide bonds. The number of ether oxygens (including phenoxy) is 1. The van der Waals surface area contributed by atoms with Crippen LogP contribution in [0.4, 0.5) is 0 Å². The first-order valence-electron chi connectivity index (χ1n) is 6.66. The van der Waals surface area contributed by atoms with Gasteiger partial charge in [0.2, 0.25) is 5.91 Å². The van der Waals surface area contributed by atoms with Crippen LogP contribution in [-0.2, 0) is 17.8 Å². The molecule has 102 valence electrons. The van der Waals surface area contributed by atoms with Crippen LogP contribution in [0.5, 0.6) is 5.75 Å². The SMILES string of the molecule is O=C(NCc1cc(Br)cc2c1OCC2)C1CCNC1. The Morgan fingerprint density at radius 1 is 1.53 bits per heavy atom. The summed E-state index contributed by atoms with van der Waals surface area (Å²) in [5.41, 5.74) is 2.28. The number of benzene rings is 1. The molecule has 1 aromatic carbocycles. The van der Waals surface area contributed by atoms with Crippen molar-refractivity contribution in [1.82, 2.24) is 10.6 Å². The van der Waals surface area contributed by atoms with E-state index in [9.17, 15) is 4.79 Å². The monoisotopic (exact) mass is 324 g/mol. The van der Waals surface area contributed by atoms with Crippen molar-refractivity contribution in [3.63, 3.8) is 0 Å².